The molecule has 0 aliphatic rings. The average molecular weight is 283 g/mol. The highest BCUT2D eigenvalue weighted by molar-refractivity contribution is 5.61. The van der Waals surface area contributed by atoms with Gasteiger partial charge in [-0.25, -0.2) is 8.78 Å². The van der Waals surface area contributed by atoms with Gasteiger partial charge >= 0.3 is 0 Å². The summed E-state index contributed by atoms with van der Waals surface area (Å²) < 4.78 is 32.3. The van der Waals surface area contributed by atoms with E-state index in [1.165, 1.54) is 6.07 Å². The molecule has 0 saturated heterocycles. The van der Waals surface area contributed by atoms with Gasteiger partial charge in [0, 0.05) is 5.56 Å². The van der Waals surface area contributed by atoms with Gasteiger partial charge in [-0.05, 0) is 36.4 Å². The highest BCUT2D eigenvalue weighted by Crippen LogP contribution is 2.26. The first-order valence-corrected chi connectivity index (χ1v) is 5.97. The molecule has 0 bridgehead atoms. The van der Waals surface area contributed by atoms with Crippen LogP contribution in [0.1, 0.15) is 5.56 Å². The Bertz CT molecular complexity index is 815. The predicted molar refractivity (Wildman–Crippen MR) is 69.8 cm³/mol. The molecule has 0 saturated carbocycles. The lowest BCUT2D eigenvalue weighted by atomic mass is 10.1. The molecule has 0 aliphatic carbocycles. The molecule has 0 N–H and O–H groups in total. The van der Waals surface area contributed by atoms with Gasteiger partial charge in [-0.15, -0.1) is 0 Å². The van der Waals surface area contributed by atoms with Gasteiger partial charge in [-0.3, -0.25) is 0 Å². The first-order chi connectivity index (χ1) is 10.2. The molecule has 0 amide bonds. The maximum atomic E-state index is 13.6. The lowest BCUT2D eigenvalue weighted by molar-refractivity contribution is 0.431. The van der Waals surface area contributed by atoms with E-state index in [0.717, 1.165) is 12.1 Å². The molecule has 102 valence electrons. The van der Waals surface area contributed by atoms with E-state index in [-0.39, 0.29) is 17.3 Å². The Morgan fingerprint density at radius 1 is 1.00 bits per heavy atom. The smallest absolute Gasteiger partial charge is 0.258 e. The normalized spacial score (nSPS) is 10.3. The van der Waals surface area contributed by atoms with Crippen molar-refractivity contribution < 1.29 is 13.3 Å². The molecule has 3 rings (SSSR count). The van der Waals surface area contributed by atoms with Gasteiger partial charge in [-0.2, -0.15) is 10.2 Å². The number of nitrogens with zero attached hydrogens (tertiary/aromatic N) is 3. The fraction of sp³-hybridized carbons (Fsp3) is 0. The number of hydrogen-bond acceptors (Lipinski definition) is 4. The van der Waals surface area contributed by atoms with Gasteiger partial charge in [-0.1, -0.05) is 11.2 Å². The van der Waals surface area contributed by atoms with Crippen molar-refractivity contribution in [1.29, 1.82) is 5.26 Å². The molecule has 21 heavy (non-hydrogen) atoms. The van der Waals surface area contributed by atoms with E-state index < -0.39 is 11.6 Å². The number of halogens is 2. The molecular formula is C15H7F2N3O. The fourth-order valence-electron chi connectivity index (χ4n) is 1.84. The number of aromatic nitrogens is 2. The molecule has 0 fully saturated rings. The molecule has 2 aromatic carbocycles. The lowest BCUT2D eigenvalue weighted by Gasteiger charge is -1.98. The minimum Gasteiger partial charge on any atom is -0.334 e. The van der Waals surface area contributed by atoms with Crippen LogP contribution in [0.15, 0.2) is 47.0 Å². The SMILES string of the molecule is N#Cc1ccc(-c2nc(-c3c(F)cccc3F)no2)cc1. The molecule has 0 atom stereocenters. The summed E-state index contributed by atoms with van der Waals surface area (Å²) in [7, 11) is 0. The summed E-state index contributed by atoms with van der Waals surface area (Å²) in [5.74, 6) is -1.56. The molecule has 0 radical (unpaired) electrons. The Labute approximate surface area is 118 Å². The first kappa shape index (κ1) is 12.9. The van der Waals surface area contributed by atoms with Crippen molar-refractivity contribution in [1.82, 2.24) is 10.1 Å². The Balaban J connectivity index is 2.02. The predicted octanol–water partition coefficient (Wildman–Crippen LogP) is 3.55. The van der Waals surface area contributed by atoms with E-state index in [4.69, 9.17) is 9.78 Å². The van der Waals surface area contributed by atoms with E-state index in [2.05, 4.69) is 10.1 Å². The quantitative estimate of drug-likeness (QED) is 0.721. The van der Waals surface area contributed by atoms with E-state index >= 15 is 0 Å². The zero-order valence-electron chi connectivity index (χ0n) is 10.5. The number of hydrogen-bond donors (Lipinski definition) is 0. The van der Waals surface area contributed by atoms with Crippen molar-refractivity contribution in [2.75, 3.05) is 0 Å². The Kier molecular flexibility index (Phi) is 3.16. The summed E-state index contributed by atoms with van der Waals surface area (Å²) in [5, 5.41) is 12.3. The molecular weight excluding hydrogens is 276 g/mol. The molecule has 0 spiro atoms. The zero-order chi connectivity index (χ0) is 14.8. The monoisotopic (exact) mass is 283 g/mol. The highest BCUT2D eigenvalue weighted by atomic mass is 19.1. The van der Waals surface area contributed by atoms with Crippen LogP contribution in [0.5, 0.6) is 0 Å². The summed E-state index contributed by atoms with van der Waals surface area (Å²) in [5.41, 5.74) is 0.712. The van der Waals surface area contributed by atoms with Crippen molar-refractivity contribution in [3.8, 4) is 28.9 Å². The molecule has 0 unspecified atom stereocenters. The maximum absolute atomic E-state index is 13.6. The Hall–Kier alpha value is -3.07. The maximum Gasteiger partial charge on any atom is 0.258 e. The van der Waals surface area contributed by atoms with E-state index in [9.17, 15) is 8.78 Å². The lowest BCUT2D eigenvalue weighted by Crippen LogP contribution is -1.91. The third-order valence-electron chi connectivity index (χ3n) is 2.87. The van der Waals surface area contributed by atoms with Crippen LogP contribution in [0.25, 0.3) is 22.8 Å². The average Bonchev–Trinajstić information content (AvgIpc) is 2.97. The van der Waals surface area contributed by atoms with Crippen LogP contribution in [0.3, 0.4) is 0 Å². The van der Waals surface area contributed by atoms with E-state index in [1.807, 2.05) is 6.07 Å². The largest absolute Gasteiger partial charge is 0.334 e. The summed E-state index contributed by atoms with van der Waals surface area (Å²) in [6.07, 6.45) is 0. The van der Waals surface area contributed by atoms with Crippen molar-refractivity contribution in [2.24, 2.45) is 0 Å². The second-order valence-electron chi connectivity index (χ2n) is 4.21. The number of nitriles is 1. The van der Waals surface area contributed by atoms with Crippen LogP contribution in [-0.4, -0.2) is 10.1 Å². The number of benzene rings is 2. The molecule has 4 nitrogen and oxygen atoms in total. The third-order valence-corrected chi connectivity index (χ3v) is 2.87. The second kappa shape index (κ2) is 5.13. The van der Waals surface area contributed by atoms with Crippen LogP contribution in [-0.2, 0) is 0 Å². The fourth-order valence-corrected chi connectivity index (χ4v) is 1.84. The number of rotatable bonds is 2. The summed E-state index contributed by atoms with van der Waals surface area (Å²) in [6, 6.07) is 11.9. The molecule has 6 heteroatoms. The highest BCUT2D eigenvalue weighted by Gasteiger charge is 2.17. The van der Waals surface area contributed by atoms with Crippen molar-refractivity contribution in [3.05, 3.63) is 59.7 Å². The standard InChI is InChI=1S/C15H7F2N3O/c16-11-2-1-3-12(17)13(11)14-19-15(21-20-14)10-6-4-9(8-18)5-7-10/h1-7H. The zero-order valence-corrected chi connectivity index (χ0v) is 10.5. The molecule has 3 aromatic rings. The third kappa shape index (κ3) is 2.37. The van der Waals surface area contributed by atoms with Gasteiger partial charge in [0.1, 0.15) is 11.6 Å². The summed E-state index contributed by atoms with van der Waals surface area (Å²) in [4.78, 5) is 3.99. The first-order valence-electron chi connectivity index (χ1n) is 5.97. The van der Waals surface area contributed by atoms with E-state index in [0.29, 0.717) is 11.1 Å². The topological polar surface area (TPSA) is 62.7 Å². The van der Waals surface area contributed by atoms with Crippen LogP contribution in [0.2, 0.25) is 0 Å². The summed E-state index contributed by atoms with van der Waals surface area (Å²) in [6.45, 7) is 0. The van der Waals surface area contributed by atoms with Gasteiger partial charge in [0.2, 0.25) is 5.82 Å². The minimum atomic E-state index is -0.762. The van der Waals surface area contributed by atoms with Crippen molar-refractivity contribution in [3.63, 3.8) is 0 Å². The van der Waals surface area contributed by atoms with Gasteiger partial charge in [0.25, 0.3) is 5.89 Å². The minimum absolute atomic E-state index is 0.122. The van der Waals surface area contributed by atoms with Crippen molar-refractivity contribution >= 4 is 0 Å². The second-order valence-corrected chi connectivity index (χ2v) is 4.21. The van der Waals surface area contributed by atoms with Crippen LogP contribution >= 0.6 is 0 Å². The van der Waals surface area contributed by atoms with Crippen LogP contribution in [0.4, 0.5) is 8.78 Å². The molecule has 1 aromatic heterocycles. The van der Waals surface area contributed by atoms with Crippen molar-refractivity contribution in [2.45, 2.75) is 0 Å². The molecule has 0 aliphatic heterocycles. The molecule has 1 heterocycles. The van der Waals surface area contributed by atoms with Gasteiger partial charge in [0.15, 0.2) is 0 Å². The Morgan fingerprint density at radius 3 is 2.29 bits per heavy atom. The van der Waals surface area contributed by atoms with Crippen LogP contribution < -0.4 is 0 Å². The van der Waals surface area contributed by atoms with E-state index in [1.54, 1.807) is 24.3 Å². The summed E-state index contributed by atoms with van der Waals surface area (Å²) >= 11 is 0. The van der Waals surface area contributed by atoms with Gasteiger partial charge in [0.05, 0.1) is 17.2 Å². The van der Waals surface area contributed by atoms with Crippen LogP contribution in [0, 0.1) is 23.0 Å². The van der Waals surface area contributed by atoms with Gasteiger partial charge < -0.3 is 4.52 Å². The Morgan fingerprint density at radius 2 is 1.67 bits per heavy atom.